The summed E-state index contributed by atoms with van der Waals surface area (Å²) in [6.07, 6.45) is -0.345. The van der Waals surface area contributed by atoms with E-state index < -0.39 is 33.9 Å². The molecule has 0 radical (unpaired) electrons. The Morgan fingerprint density at radius 3 is 2.41 bits per heavy atom. The molecule has 2 aromatic rings. The van der Waals surface area contributed by atoms with Crippen molar-refractivity contribution in [2.75, 3.05) is 20.1 Å². The molecule has 3 rings (SSSR count). The van der Waals surface area contributed by atoms with Gasteiger partial charge in [0.25, 0.3) is 5.91 Å². The number of piperidine rings is 1. The summed E-state index contributed by atoms with van der Waals surface area (Å²) in [5, 5.41) is 0. The Morgan fingerprint density at radius 1 is 1.12 bits per heavy atom. The van der Waals surface area contributed by atoms with Gasteiger partial charge in [-0.25, -0.2) is 12.8 Å². The van der Waals surface area contributed by atoms with Gasteiger partial charge in [0.1, 0.15) is 5.82 Å². The Balaban J connectivity index is 1.51. The van der Waals surface area contributed by atoms with Gasteiger partial charge >= 0.3 is 5.97 Å². The van der Waals surface area contributed by atoms with E-state index in [0.29, 0.717) is 18.4 Å². The Bertz CT molecular complexity index is 1050. The summed E-state index contributed by atoms with van der Waals surface area (Å²) in [4.78, 5) is 26.7. The van der Waals surface area contributed by atoms with E-state index in [1.54, 1.807) is 49.5 Å². The number of sulfonamides is 1. The topological polar surface area (TPSA) is 84.0 Å². The van der Waals surface area contributed by atoms with Crippen molar-refractivity contribution in [3.63, 3.8) is 0 Å². The highest BCUT2D eigenvalue weighted by atomic mass is 32.2. The van der Waals surface area contributed by atoms with Gasteiger partial charge in [0.05, 0.1) is 10.8 Å². The monoisotopic (exact) mass is 462 g/mol. The van der Waals surface area contributed by atoms with Crippen molar-refractivity contribution in [1.29, 1.82) is 0 Å². The first-order chi connectivity index (χ1) is 15.2. The average molecular weight is 463 g/mol. The minimum Gasteiger partial charge on any atom is -0.452 e. The van der Waals surface area contributed by atoms with Crippen LogP contribution in [0.25, 0.3) is 0 Å². The van der Waals surface area contributed by atoms with Crippen LogP contribution in [0, 0.1) is 11.7 Å². The van der Waals surface area contributed by atoms with Gasteiger partial charge in [0.15, 0.2) is 6.10 Å². The lowest BCUT2D eigenvalue weighted by molar-refractivity contribution is -0.163. The minimum atomic E-state index is -3.60. The second-order valence-electron chi connectivity index (χ2n) is 7.89. The normalized spacial score (nSPS) is 16.3. The van der Waals surface area contributed by atoms with E-state index in [1.807, 2.05) is 0 Å². The number of benzene rings is 2. The number of rotatable bonds is 7. The molecule has 1 aliphatic heterocycles. The zero-order valence-electron chi connectivity index (χ0n) is 18.1. The number of nitrogens with zero attached hydrogens (tertiary/aromatic N) is 2. The second kappa shape index (κ2) is 10.2. The lowest BCUT2D eigenvalue weighted by Gasteiger charge is -2.31. The van der Waals surface area contributed by atoms with Crippen molar-refractivity contribution in [2.24, 2.45) is 5.92 Å². The SMILES string of the molecule is C[C@H](OC(=O)C1CCN(S(=O)(=O)c2ccccc2)CC1)C(=O)N(C)Cc1cccc(F)c1. The summed E-state index contributed by atoms with van der Waals surface area (Å²) >= 11 is 0. The number of hydrogen-bond acceptors (Lipinski definition) is 5. The third-order valence-electron chi connectivity index (χ3n) is 5.49. The number of carbonyl (C=O) groups excluding carboxylic acids is 2. The van der Waals surface area contributed by atoms with Crippen LogP contribution in [0.15, 0.2) is 59.5 Å². The van der Waals surface area contributed by atoms with Gasteiger partial charge in [-0.15, -0.1) is 0 Å². The van der Waals surface area contributed by atoms with E-state index in [1.165, 1.54) is 28.3 Å². The molecule has 1 saturated heterocycles. The van der Waals surface area contributed by atoms with Crippen LogP contribution in [0.4, 0.5) is 4.39 Å². The molecule has 0 aliphatic carbocycles. The van der Waals surface area contributed by atoms with Crippen molar-refractivity contribution >= 4 is 21.9 Å². The van der Waals surface area contributed by atoms with Crippen molar-refractivity contribution in [2.45, 2.75) is 37.3 Å². The van der Waals surface area contributed by atoms with Crippen LogP contribution in [-0.2, 0) is 30.9 Å². The van der Waals surface area contributed by atoms with Crippen molar-refractivity contribution in [1.82, 2.24) is 9.21 Å². The molecule has 0 N–H and O–H groups in total. The maximum Gasteiger partial charge on any atom is 0.309 e. The Kier molecular flexibility index (Phi) is 7.63. The molecule has 1 fully saturated rings. The molecule has 0 aromatic heterocycles. The van der Waals surface area contributed by atoms with Crippen LogP contribution in [0.5, 0.6) is 0 Å². The zero-order valence-corrected chi connectivity index (χ0v) is 18.9. The van der Waals surface area contributed by atoms with Crippen LogP contribution in [0.3, 0.4) is 0 Å². The van der Waals surface area contributed by atoms with E-state index in [-0.39, 0.29) is 30.3 Å². The average Bonchev–Trinajstić information content (AvgIpc) is 2.79. The van der Waals surface area contributed by atoms with Gasteiger partial charge in [-0.2, -0.15) is 4.31 Å². The first kappa shape index (κ1) is 23.9. The first-order valence-corrected chi connectivity index (χ1v) is 11.9. The number of esters is 1. The Hall–Kier alpha value is -2.78. The fraction of sp³-hybridized carbons (Fsp3) is 0.391. The highest BCUT2D eigenvalue weighted by Crippen LogP contribution is 2.25. The third-order valence-corrected chi connectivity index (χ3v) is 7.41. The molecule has 1 atom stereocenters. The van der Waals surface area contributed by atoms with Gasteiger partial charge in [-0.05, 0) is 49.6 Å². The molecule has 1 heterocycles. The summed E-state index contributed by atoms with van der Waals surface area (Å²) in [5.74, 6) is -1.77. The fourth-order valence-corrected chi connectivity index (χ4v) is 5.18. The summed E-state index contributed by atoms with van der Waals surface area (Å²) < 4.78 is 45.5. The van der Waals surface area contributed by atoms with Gasteiger partial charge < -0.3 is 9.64 Å². The summed E-state index contributed by atoms with van der Waals surface area (Å²) in [6.45, 7) is 2.10. The second-order valence-corrected chi connectivity index (χ2v) is 9.83. The Labute approximate surface area is 187 Å². The standard InChI is InChI=1S/C23H27FN2O5S/c1-17(22(27)25(2)16-18-7-6-8-20(24)15-18)31-23(28)19-11-13-26(14-12-19)32(29,30)21-9-4-3-5-10-21/h3-10,15,17,19H,11-14,16H2,1-2H3/t17-/m0/s1. The minimum absolute atomic E-state index is 0.189. The maximum absolute atomic E-state index is 13.3. The molecule has 1 amide bonds. The Morgan fingerprint density at radius 2 is 1.78 bits per heavy atom. The van der Waals surface area contributed by atoms with Crippen LogP contribution in [0.2, 0.25) is 0 Å². The van der Waals surface area contributed by atoms with Crippen molar-refractivity contribution < 1.29 is 27.1 Å². The molecule has 2 aromatic carbocycles. The number of ether oxygens (including phenoxy) is 1. The van der Waals surface area contributed by atoms with E-state index in [9.17, 15) is 22.4 Å². The molecule has 172 valence electrons. The van der Waals surface area contributed by atoms with E-state index in [4.69, 9.17) is 4.74 Å². The number of halogens is 1. The van der Waals surface area contributed by atoms with Gasteiger partial charge in [0, 0.05) is 26.7 Å². The number of hydrogen-bond donors (Lipinski definition) is 0. The quantitative estimate of drug-likeness (QED) is 0.591. The first-order valence-electron chi connectivity index (χ1n) is 10.4. The van der Waals surface area contributed by atoms with E-state index in [2.05, 4.69) is 0 Å². The summed E-state index contributed by atoms with van der Waals surface area (Å²) in [5.41, 5.74) is 0.631. The van der Waals surface area contributed by atoms with Crippen molar-refractivity contribution in [3.8, 4) is 0 Å². The molecule has 0 saturated carbocycles. The van der Waals surface area contributed by atoms with Gasteiger partial charge in [0.2, 0.25) is 10.0 Å². The number of likely N-dealkylation sites (N-methyl/N-ethyl adjacent to an activating group) is 1. The largest absolute Gasteiger partial charge is 0.452 e. The molecule has 0 unspecified atom stereocenters. The third kappa shape index (κ3) is 5.72. The van der Waals surface area contributed by atoms with E-state index >= 15 is 0 Å². The fourth-order valence-electron chi connectivity index (χ4n) is 3.69. The lowest BCUT2D eigenvalue weighted by atomic mass is 9.98. The van der Waals surface area contributed by atoms with Crippen LogP contribution < -0.4 is 0 Å². The van der Waals surface area contributed by atoms with Crippen LogP contribution in [0.1, 0.15) is 25.3 Å². The van der Waals surface area contributed by atoms with Crippen LogP contribution in [-0.4, -0.2) is 55.7 Å². The molecular formula is C23H27FN2O5S. The smallest absolute Gasteiger partial charge is 0.309 e. The van der Waals surface area contributed by atoms with Gasteiger partial charge in [-0.3, -0.25) is 9.59 Å². The predicted molar refractivity (Wildman–Crippen MR) is 116 cm³/mol. The lowest BCUT2D eigenvalue weighted by Crippen LogP contribution is -2.42. The molecular weight excluding hydrogens is 435 g/mol. The van der Waals surface area contributed by atoms with E-state index in [0.717, 1.165) is 0 Å². The summed E-state index contributed by atoms with van der Waals surface area (Å²) in [6, 6.07) is 14.1. The molecule has 0 spiro atoms. The molecule has 9 heteroatoms. The number of amides is 1. The number of carbonyl (C=O) groups is 2. The molecule has 1 aliphatic rings. The molecule has 7 nitrogen and oxygen atoms in total. The summed E-state index contributed by atoms with van der Waals surface area (Å²) in [7, 11) is -2.04. The molecule has 0 bridgehead atoms. The van der Waals surface area contributed by atoms with Crippen LogP contribution >= 0.6 is 0 Å². The van der Waals surface area contributed by atoms with Crippen molar-refractivity contribution in [3.05, 3.63) is 66.0 Å². The maximum atomic E-state index is 13.3. The highest BCUT2D eigenvalue weighted by Gasteiger charge is 2.34. The zero-order chi connectivity index (χ0) is 23.3. The predicted octanol–water partition coefficient (Wildman–Crippen LogP) is 2.82. The molecule has 32 heavy (non-hydrogen) atoms. The highest BCUT2D eigenvalue weighted by molar-refractivity contribution is 7.89. The van der Waals surface area contributed by atoms with Gasteiger partial charge in [-0.1, -0.05) is 30.3 Å².